The molecule has 0 spiro atoms. The summed E-state index contributed by atoms with van der Waals surface area (Å²) in [7, 11) is 4.01. The molecule has 0 saturated heterocycles. The van der Waals surface area contributed by atoms with Crippen LogP contribution in [-0.2, 0) is 0 Å². The fourth-order valence-corrected chi connectivity index (χ4v) is 3.30. The summed E-state index contributed by atoms with van der Waals surface area (Å²) in [6.07, 6.45) is 6.58. The van der Waals surface area contributed by atoms with Crippen LogP contribution in [-0.4, -0.2) is 48.8 Å². The molecule has 3 nitrogen and oxygen atoms in total. The number of likely N-dealkylation sites (N-methyl/N-ethyl adjacent to an activating group) is 1. The minimum atomic E-state index is -0.632. The Bertz CT molecular complexity index is 251. The van der Waals surface area contributed by atoms with Crippen molar-refractivity contribution < 1.29 is 5.11 Å². The molecular formula is C16H34N2O. The zero-order valence-corrected chi connectivity index (χ0v) is 13.6. The Morgan fingerprint density at radius 3 is 2.47 bits per heavy atom. The van der Waals surface area contributed by atoms with Crippen molar-refractivity contribution >= 4 is 0 Å². The summed E-state index contributed by atoms with van der Waals surface area (Å²) in [6, 6.07) is 0.595. The normalized spacial score (nSPS) is 28.4. The molecule has 1 rings (SSSR count). The van der Waals surface area contributed by atoms with Crippen LogP contribution in [0.5, 0.6) is 0 Å². The second-order valence-corrected chi connectivity index (χ2v) is 7.32. The molecule has 0 amide bonds. The molecule has 114 valence electrons. The van der Waals surface area contributed by atoms with Gasteiger partial charge in [-0.05, 0) is 52.1 Å². The zero-order valence-electron chi connectivity index (χ0n) is 13.6. The van der Waals surface area contributed by atoms with E-state index in [1.165, 1.54) is 32.1 Å². The lowest BCUT2D eigenvalue weighted by Gasteiger charge is -2.29. The van der Waals surface area contributed by atoms with E-state index in [2.05, 4.69) is 19.2 Å². The van der Waals surface area contributed by atoms with Crippen LogP contribution in [0, 0.1) is 11.8 Å². The summed E-state index contributed by atoms with van der Waals surface area (Å²) in [5.74, 6) is 1.71. The molecule has 3 atom stereocenters. The molecule has 3 heteroatoms. The Hall–Kier alpha value is -0.120. The standard InChI is InChI=1S/C16H34N2O/c1-13(2)14-7-6-8-15(10-9-14)17-11-16(3,19)12-18(4)5/h13-15,17,19H,6-12H2,1-5H3. The number of nitrogens with zero attached hydrogens (tertiary/aromatic N) is 1. The maximum Gasteiger partial charge on any atom is 0.0869 e. The maximum absolute atomic E-state index is 10.3. The van der Waals surface area contributed by atoms with Gasteiger partial charge in [0, 0.05) is 19.1 Å². The van der Waals surface area contributed by atoms with Crippen molar-refractivity contribution in [2.24, 2.45) is 11.8 Å². The van der Waals surface area contributed by atoms with Crippen molar-refractivity contribution in [2.75, 3.05) is 27.2 Å². The van der Waals surface area contributed by atoms with Crippen LogP contribution in [0.15, 0.2) is 0 Å². The van der Waals surface area contributed by atoms with Gasteiger partial charge in [-0.3, -0.25) is 0 Å². The van der Waals surface area contributed by atoms with E-state index in [0.717, 1.165) is 11.8 Å². The monoisotopic (exact) mass is 270 g/mol. The van der Waals surface area contributed by atoms with E-state index in [9.17, 15) is 5.11 Å². The molecule has 3 unspecified atom stereocenters. The van der Waals surface area contributed by atoms with Crippen molar-refractivity contribution in [3.63, 3.8) is 0 Å². The Morgan fingerprint density at radius 1 is 1.21 bits per heavy atom. The number of nitrogens with one attached hydrogen (secondary N) is 1. The van der Waals surface area contributed by atoms with Crippen molar-refractivity contribution in [2.45, 2.75) is 64.5 Å². The predicted molar refractivity (Wildman–Crippen MR) is 82.4 cm³/mol. The molecule has 1 aliphatic rings. The first-order chi connectivity index (χ1) is 8.80. The highest BCUT2D eigenvalue weighted by Gasteiger charge is 2.25. The first kappa shape index (κ1) is 16.9. The van der Waals surface area contributed by atoms with Gasteiger partial charge in [0.15, 0.2) is 0 Å². The molecule has 1 saturated carbocycles. The number of hydrogen-bond acceptors (Lipinski definition) is 3. The minimum absolute atomic E-state index is 0.595. The lowest BCUT2D eigenvalue weighted by Crippen LogP contribution is -2.48. The predicted octanol–water partition coefficient (Wildman–Crippen LogP) is 2.49. The van der Waals surface area contributed by atoms with Crippen molar-refractivity contribution in [3.8, 4) is 0 Å². The molecule has 0 aromatic carbocycles. The zero-order chi connectivity index (χ0) is 14.5. The van der Waals surface area contributed by atoms with Gasteiger partial charge >= 0.3 is 0 Å². The quantitative estimate of drug-likeness (QED) is 0.728. The highest BCUT2D eigenvalue weighted by atomic mass is 16.3. The molecular weight excluding hydrogens is 236 g/mol. The topological polar surface area (TPSA) is 35.5 Å². The summed E-state index contributed by atoms with van der Waals surface area (Å²) >= 11 is 0. The smallest absolute Gasteiger partial charge is 0.0869 e. The summed E-state index contributed by atoms with van der Waals surface area (Å²) in [6.45, 7) is 8.03. The lowest BCUT2D eigenvalue weighted by molar-refractivity contribution is 0.0308. The van der Waals surface area contributed by atoms with Crippen LogP contribution in [0.3, 0.4) is 0 Å². The van der Waals surface area contributed by atoms with Crippen molar-refractivity contribution in [1.29, 1.82) is 0 Å². The van der Waals surface area contributed by atoms with Gasteiger partial charge in [0.05, 0.1) is 5.60 Å². The lowest BCUT2D eigenvalue weighted by atomic mass is 9.89. The molecule has 19 heavy (non-hydrogen) atoms. The van der Waals surface area contributed by atoms with Crippen LogP contribution in [0.1, 0.15) is 52.9 Å². The van der Waals surface area contributed by atoms with E-state index in [4.69, 9.17) is 0 Å². The fraction of sp³-hybridized carbons (Fsp3) is 1.00. The Morgan fingerprint density at radius 2 is 1.89 bits per heavy atom. The van der Waals surface area contributed by atoms with Crippen LogP contribution in [0.2, 0.25) is 0 Å². The minimum Gasteiger partial charge on any atom is -0.388 e. The van der Waals surface area contributed by atoms with Crippen LogP contribution in [0.25, 0.3) is 0 Å². The second-order valence-electron chi connectivity index (χ2n) is 7.32. The van der Waals surface area contributed by atoms with Crippen LogP contribution < -0.4 is 5.32 Å². The average molecular weight is 270 g/mol. The third kappa shape index (κ3) is 6.73. The van der Waals surface area contributed by atoms with Gasteiger partial charge in [-0.25, -0.2) is 0 Å². The summed E-state index contributed by atoms with van der Waals surface area (Å²) in [5.41, 5.74) is -0.632. The van der Waals surface area contributed by atoms with Crippen molar-refractivity contribution in [3.05, 3.63) is 0 Å². The average Bonchev–Trinajstić information content (AvgIpc) is 2.50. The van der Waals surface area contributed by atoms with Gasteiger partial charge in [0.2, 0.25) is 0 Å². The third-order valence-electron chi connectivity index (χ3n) is 4.38. The summed E-state index contributed by atoms with van der Waals surface area (Å²) < 4.78 is 0. The van der Waals surface area contributed by atoms with Gasteiger partial charge in [-0.1, -0.05) is 26.7 Å². The van der Waals surface area contributed by atoms with Gasteiger partial charge in [-0.2, -0.15) is 0 Å². The molecule has 0 heterocycles. The molecule has 1 aliphatic carbocycles. The van der Waals surface area contributed by atoms with Gasteiger partial charge < -0.3 is 15.3 Å². The highest BCUT2D eigenvalue weighted by Crippen LogP contribution is 2.28. The van der Waals surface area contributed by atoms with E-state index < -0.39 is 5.60 Å². The van der Waals surface area contributed by atoms with E-state index in [0.29, 0.717) is 19.1 Å². The molecule has 0 aromatic rings. The number of rotatable bonds is 6. The molecule has 0 radical (unpaired) electrons. The van der Waals surface area contributed by atoms with Gasteiger partial charge in [-0.15, -0.1) is 0 Å². The molecule has 0 aliphatic heterocycles. The van der Waals surface area contributed by atoms with E-state index in [1.807, 2.05) is 25.9 Å². The summed E-state index contributed by atoms with van der Waals surface area (Å²) in [5, 5.41) is 13.9. The SMILES string of the molecule is CC(C)C1CCCC(NCC(C)(O)CN(C)C)CC1. The van der Waals surface area contributed by atoms with E-state index >= 15 is 0 Å². The van der Waals surface area contributed by atoms with Crippen molar-refractivity contribution in [1.82, 2.24) is 10.2 Å². The van der Waals surface area contributed by atoms with Crippen LogP contribution >= 0.6 is 0 Å². The first-order valence-corrected chi connectivity index (χ1v) is 7.90. The third-order valence-corrected chi connectivity index (χ3v) is 4.38. The highest BCUT2D eigenvalue weighted by molar-refractivity contribution is 4.82. The fourth-order valence-electron chi connectivity index (χ4n) is 3.30. The molecule has 2 N–H and O–H groups in total. The van der Waals surface area contributed by atoms with E-state index in [-0.39, 0.29) is 0 Å². The Kier molecular flexibility index (Phi) is 6.78. The Balaban J connectivity index is 2.33. The summed E-state index contributed by atoms with van der Waals surface area (Å²) in [4.78, 5) is 2.05. The van der Waals surface area contributed by atoms with E-state index in [1.54, 1.807) is 0 Å². The van der Waals surface area contributed by atoms with Crippen LogP contribution in [0.4, 0.5) is 0 Å². The molecule has 1 fully saturated rings. The second kappa shape index (κ2) is 7.61. The molecule has 0 aromatic heterocycles. The Labute approximate surface area is 119 Å². The number of hydrogen-bond donors (Lipinski definition) is 2. The van der Waals surface area contributed by atoms with Gasteiger partial charge in [0.25, 0.3) is 0 Å². The molecule has 0 bridgehead atoms. The largest absolute Gasteiger partial charge is 0.388 e. The number of aliphatic hydroxyl groups is 1. The first-order valence-electron chi connectivity index (χ1n) is 7.90. The maximum atomic E-state index is 10.3. The van der Waals surface area contributed by atoms with Gasteiger partial charge in [0.1, 0.15) is 0 Å².